The molecule has 0 radical (unpaired) electrons. The Morgan fingerprint density at radius 3 is 2.08 bits per heavy atom. The van der Waals surface area contributed by atoms with Crippen molar-refractivity contribution in [2.75, 3.05) is 4.90 Å². The molecule has 0 atom stereocenters. The molecule has 0 N–H and O–H groups in total. The summed E-state index contributed by atoms with van der Waals surface area (Å²) < 4.78 is 9.28. The van der Waals surface area contributed by atoms with Crippen LogP contribution in [-0.2, 0) is 5.41 Å². The highest BCUT2D eigenvalue weighted by atomic mass is 16.3. The molecule has 1 aliphatic rings. The van der Waals surface area contributed by atoms with Crippen LogP contribution in [0, 0.1) is 0 Å². The maximum Gasteiger partial charge on any atom is 0.145 e. The number of aromatic nitrogens is 1. The normalized spacial score (nSPS) is 13.3. The Morgan fingerprint density at radius 1 is 0.519 bits per heavy atom. The van der Waals surface area contributed by atoms with Gasteiger partial charge in [0.25, 0.3) is 0 Å². The molecule has 0 amide bonds. The first kappa shape index (κ1) is 29.2. The SMILES string of the molecule is CC1(C)c2ccccc2-n2c3ccccc3c3c4oc5ccc(-c6ccc(N(c7ccccc7)c7cccc8ccccc78)cc6)cc5c4cc1c32. The maximum absolute atomic E-state index is 6.82. The van der Waals surface area contributed by atoms with Crippen molar-refractivity contribution in [2.24, 2.45) is 0 Å². The van der Waals surface area contributed by atoms with Crippen molar-refractivity contribution in [3.8, 4) is 16.8 Å². The van der Waals surface area contributed by atoms with Gasteiger partial charge in [-0.2, -0.15) is 0 Å². The van der Waals surface area contributed by atoms with Gasteiger partial charge in [0.2, 0.25) is 0 Å². The van der Waals surface area contributed by atoms with Gasteiger partial charge in [0.05, 0.1) is 27.8 Å². The summed E-state index contributed by atoms with van der Waals surface area (Å²) >= 11 is 0. The summed E-state index contributed by atoms with van der Waals surface area (Å²) in [7, 11) is 0. The van der Waals surface area contributed by atoms with Gasteiger partial charge in [-0.05, 0) is 88.3 Å². The number of anilines is 3. The number of rotatable bonds is 4. The quantitative estimate of drug-likeness (QED) is 0.186. The molecule has 11 rings (SSSR count). The summed E-state index contributed by atoms with van der Waals surface area (Å²) in [6.07, 6.45) is 0. The molecule has 3 heterocycles. The van der Waals surface area contributed by atoms with E-state index in [1.165, 1.54) is 60.5 Å². The average molecular weight is 667 g/mol. The molecule has 52 heavy (non-hydrogen) atoms. The summed E-state index contributed by atoms with van der Waals surface area (Å²) in [5.41, 5.74) is 13.8. The van der Waals surface area contributed by atoms with E-state index in [-0.39, 0.29) is 5.41 Å². The zero-order valence-corrected chi connectivity index (χ0v) is 29.0. The lowest BCUT2D eigenvalue weighted by Gasteiger charge is -2.34. The van der Waals surface area contributed by atoms with Crippen LogP contribution in [0.4, 0.5) is 17.1 Å². The van der Waals surface area contributed by atoms with Gasteiger partial charge >= 0.3 is 0 Å². The van der Waals surface area contributed by atoms with Crippen LogP contribution in [0.15, 0.2) is 174 Å². The van der Waals surface area contributed by atoms with Crippen molar-refractivity contribution in [1.29, 1.82) is 0 Å². The fourth-order valence-corrected chi connectivity index (χ4v) is 8.84. The summed E-state index contributed by atoms with van der Waals surface area (Å²) in [5.74, 6) is 0. The third kappa shape index (κ3) is 4.02. The molecule has 1 aliphatic heterocycles. The molecule has 246 valence electrons. The fourth-order valence-electron chi connectivity index (χ4n) is 8.84. The number of para-hydroxylation sites is 3. The number of nitrogens with zero attached hydrogens (tertiary/aromatic N) is 2. The summed E-state index contributed by atoms with van der Waals surface area (Å²) in [6.45, 7) is 4.72. The largest absolute Gasteiger partial charge is 0.455 e. The Morgan fingerprint density at radius 2 is 1.21 bits per heavy atom. The molecule has 0 unspecified atom stereocenters. The van der Waals surface area contributed by atoms with E-state index in [2.05, 4.69) is 193 Å². The van der Waals surface area contributed by atoms with Crippen LogP contribution in [0.25, 0.3) is 71.3 Å². The number of fused-ring (bicyclic) bond motifs is 10. The predicted octanol–water partition coefficient (Wildman–Crippen LogP) is 13.6. The van der Waals surface area contributed by atoms with E-state index in [9.17, 15) is 0 Å². The van der Waals surface area contributed by atoms with Gasteiger partial charge in [0.1, 0.15) is 11.2 Å². The van der Waals surface area contributed by atoms with Crippen LogP contribution in [0.1, 0.15) is 25.0 Å². The molecule has 3 heteroatoms. The summed E-state index contributed by atoms with van der Waals surface area (Å²) in [5, 5.41) is 7.17. The third-order valence-electron chi connectivity index (χ3n) is 11.3. The van der Waals surface area contributed by atoms with Gasteiger partial charge in [-0.25, -0.2) is 0 Å². The maximum atomic E-state index is 6.82. The zero-order valence-electron chi connectivity index (χ0n) is 29.0. The molecule has 0 saturated heterocycles. The van der Waals surface area contributed by atoms with Gasteiger partial charge in [0, 0.05) is 38.3 Å². The van der Waals surface area contributed by atoms with Crippen molar-refractivity contribution in [1.82, 2.24) is 4.57 Å². The number of hydrogen-bond acceptors (Lipinski definition) is 2. The monoisotopic (exact) mass is 666 g/mol. The highest BCUT2D eigenvalue weighted by Gasteiger charge is 2.36. The second-order valence-electron chi connectivity index (χ2n) is 14.5. The molecule has 0 aliphatic carbocycles. The minimum absolute atomic E-state index is 0.181. The van der Waals surface area contributed by atoms with Crippen molar-refractivity contribution in [2.45, 2.75) is 19.3 Å². The van der Waals surface area contributed by atoms with Crippen LogP contribution in [0.3, 0.4) is 0 Å². The fraction of sp³-hybridized carbons (Fsp3) is 0.0612. The standard InChI is InChI=1S/C49H34N2O/c1-49(2)40-19-9-11-21-44(40)51-43-20-10-8-18-37(43)46-47(51)41(49)30-39-38-29-33(25-28-45(38)52-48(39)46)31-23-26-35(27-24-31)50(34-15-4-3-5-16-34)42-22-12-14-32-13-6-7-17-36(32)42/h3-30H,1-2H3. The van der Waals surface area contributed by atoms with Crippen LogP contribution < -0.4 is 4.90 Å². The molecule has 3 nitrogen and oxygen atoms in total. The molecule has 2 aromatic heterocycles. The Kier molecular flexibility index (Phi) is 6.01. The lowest BCUT2D eigenvalue weighted by atomic mass is 9.74. The number of benzene rings is 8. The van der Waals surface area contributed by atoms with Gasteiger partial charge in [0.15, 0.2) is 0 Å². The predicted molar refractivity (Wildman–Crippen MR) is 218 cm³/mol. The van der Waals surface area contributed by atoms with Crippen LogP contribution in [0.5, 0.6) is 0 Å². The first-order valence-electron chi connectivity index (χ1n) is 18.0. The molecule has 10 aromatic rings. The Hall–Kier alpha value is -6.58. The first-order valence-corrected chi connectivity index (χ1v) is 18.0. The molecule has 0 saturated carbocycles. The minimum Gasteiger partial charge on any atom is -0.455 e. The van der Waals surface area contributed by atoms with Gasteiger partial charge in [-0.1, -0.05) is 123 Å². The highest BCUT2D eigenvalue weighted by molar-refractivity contribution is 6.25. The van der Waals surface area contributed by atoms with Crippen molar-refractivity contribution in [3.05, 3.63) is 181 Å². The first-order chi connectivity index (χ1) is 25.6. The van der Waals surface area contributed by atoms with E-state index in [1.807, 2.05) is 0 Å². The molecule has 8 aromatic carbocycles. The van der Waals surface area contributed by atoms with E-state index in [0.29, 0.717) is 0 Å². The topological polar surface area (TPSA) is 21.3 Å². The molecular formula is C49H34N2O. The molecular weight excluding hydrogens is 633 g/mol. The van der Waals surface area contributed by atoms with E-state index in [0.717, 1.165) is 39.0 Å². The summed E-state index contributed by atoms with van der Waals surface area (Å²) in [6, 6.07) is 61.4. The Labute approximate surface area is 301 Å². The van der Waals surface area contributed by atoms with Gasteiger partial charge in [-0.15, -0.1) is 0 Å². The Bertz CT molecular complexity index is 3030. The van der Waals surface area contributed by atoms with Crippen LogP contribution in [0.2, 0.25) is 0 Å². The van der Waals surface area contributed by atoms with Gasteiger partial charge in [-0.3, -0.25) is 0 Å². The second-order valence-corrected chi connectivity index (χ2v) is 14.5. The zero-order chi connectivity index (χ0) is 34.6. The Balaban J connectivity index is 1.09. The number of furan rings is 1. The summed E-state index contributed by atoms with van der Waals surface area (Å²) in [4.78, 5) is 2.35. The second kappa shape index (κ2) is 10.7. The van der Waals surface area contributed by atoms with Crippen molar-refractivity contribution >= 4 is 71.6 Å². The average Bonchev–Trinajstić information content (AvgIpc) is 3.74. The molecule has 0 bridgehead atoms. The van der Waals surface area contributed by atoms with Crippen molar-refractivity contribution in [3.63, 3.8) is 0 Å². The van der Waals surface area contributed by atoms with Crippen LogP contribution in [-0.4, -0.2) is 4.57 Å². The smallest absolute Gasteiger partial charge is 0.145 e. The molecule has 0 fully saturated rings. The lowest BCUT2D eigenvalue weighted by molar-refractivity contribution is 0.630. The van der Waals surface area contributed by atoms with Gasteiger partial charge < -0.3 is 13.9 Å². The van der Waals surface area contributed by atoms with E-state index in [1.54, 1.807) is 0 Å². The number of hydrogen-bond donors (Lipinski definition) is 0. The third-order valence-corrected chi connectivity index (χ3v) is 11.3. The molecule has 0 spiro atoms. The lowest BCUT2D eigenvalue weighted by Crippen LogP contribution is -2.26. The van der Waals surface area contributed by atoms with E-state index in [4.69, 9.17) is 4.42 Å². The van der Waals surface area contributed by atoms with Crippen LogP contribution >= 0.6 is 0 Å². The van der Waals surface area contributed by atoms with Crippen molar-refractivity contribution < 1.29 is 4.42 Å². The highest BCUT2D eigenvalue weighted by Crippen LogP contribution is 2.51. The minimum atomic E-state index is -0.181. The van der Waals surface area contributed by atoms with E-state index < -0.39 is 0 Å². The van der Waals surface area contributed by atoms with E-state index >= 15 is 0 Å².